The zero-order chi connectivity index (χ0) is 39.7. The average Bonchev–Trinajstić information content (AvgIpc) is 3.07. The Bertz CT molecular complexity index is 1280. The number of esters is 1. The lowest BCUT2D eigenvalue weighted by Crippen LogP contribution is -2.61. The molecule has 0 bridgehead atoms. The molecular formula is C38H59NO14. The van der Waals surface area contributed by atoms with Gasteiger partial charge in [-0.1, -0.05) is 62.5 Å². The summed E-state index contributed by atoms with van der Waals surface area (Å²) < 4.78 is 17.1. The van der Waals surface area contributed by atoms with Crippen molar-refractivity contribution >= 4 is 23.5 Å². The summed E-state index contributed by atoms with van der Waals surface area (Å²) in [5.74, 6) is -5.93. The van der Waals surface area contributed by atoms with E-state index in [4.69, 9.17) is 19.9 Å². The minimum atomic E-state index is -1.84. The number of carbonyl (C=O) groups is 4. The van der Waals surface area contributed by atoms with Crippen LogP contribution in [-0.2, 0) is 33.4 Å². The van der Waals surface area contributed by atoms with Crippen molar-refractivity contribution in [3.63, 3.8) is 0 Å². The molecular weight excluding hydrogens is 694 g/mol. The molecule has 0 aromatic rings. The minimum Gasteiger partial charge on any atom is -0.481 e. The second-order valence-electron chi connectivity index (χ2n) is 13.8. The summed E-state index contributed by atoms with van der Waals surface area (Å²) in [6.45, 7) is 5.10. The molecule has 53 heavy (non-hydrogen) atoms. The Balaban J connectivity index is 2.32. The summed E-state index contributed by atoms with van der Waals surface area (Å²) in [7, 11) is 0. The fourth-order valence-corrected chi connectivity index (χ4v) is 6.22. The molecule has 2 aliphatic heterocycles. The Labute approximate surface area is 310 Å². The Kier molecular flexibility index (Phi) is 20.5. The molecule has 0 aliphatic carbocycles. The molecule has 9 unspecified atom stereocenters. The predicted octanol–water partition coefficient (Wildman–Crippen LogP) is 1.16. The van der Waals surface area contributed by atoms with Crippen LogP contribution in [0.25, 0.3) is 0 Å². The highest BCUT2D eigenvalue weighted by Gasteiger charge is 2.43. The highest BCUT2D eigenvalue weighted by atomic mass is 16.7. The van der Waals surface area contributed by atoms with Crippen LogP contribution in [0.1, 0.15) is 85.0 Å². The first-order valence-corrected chi connectivity index (χ1v) is 18.4. The van der Waals surface area contributed by atoms with E-state index in [1.807, 2.05) is 13.0 Å². The van der Waals surface area contributed by atoms with E-state index in [2.05, 4.69) is 0 Å². The van der Waals surface area contributed by atoms with Crippen molar-refractivity contribution in [1.29, 1.82) is 0 Å². The highest BCUT2D eigenvalue weighted by Crippen LogP contribution is 2.26. The van der Waals surface area contributed by atoms with Gasteiger partial charge in [0.25, 0.3) is 0 Å². The van der Waals surface area contributed by atoms with E-state index in [0.717, 1.165) is 0 Å². The van der Waals surface area contributed by atoms with Gasteiger partial charge in [0.1, 0.15) is 29.7 Å². The van der Waals surface area contributed by atoms with Crippen LogP contribution in [0.5, 0.6) is 0 Å². The molecule has 0 amide bonds. The number of rotatable bonds is 5. The Morgan fingerprint density at radius 3 is 2.13 bits per heavy atom. The zero-order valence-electron chi connectivity index (χ0n) is 30.8. The lowest BCUT2D eigenvalue weighted by atomic mass is 9.88. The summed E-state index contributed by atoms with van der Waals surface area (Å²) in [6.07, 6.45) is 0.404. The van der Waals surface area contributed by atoms with Gasteiger partial charge in [0.05, 0.1) is 54.7 Å². The van der Waals surface area contributed by atoms with Gasteiger partial charge in [0, 0.05) is 38.5 Å². The molecule has 1 saturated heterocycles. The molecule has 0 aromatic heterocycles. The van der Waals surface area contributed by atoms with Crippen LogP contribution in [0.2, 0.25) is 0 Å². The van der Waals surface area contributed by atoms with Crippen LogP contribution in [0, 0.1) is 11.8 Å². The summed E-state index contributed by atoms with van der Waals surface area (Å²) >= 11 is 0. The van der Waals surface area contributed by atoms with Crippen molar-refractivity contribution in [2.75, 3.05) is 0 Å². The van der Waals surface area contributed by atoms with Crippen molar-refractivity contribution in [3.05, 3.63) is 48.6 Å². The molecule has 15 heteroatoms. The van der Waals surface area contributed by atoms with Gasteiger partial charge in [0.15, 0.2) is 6.29 Å². The number of allylic oxidation sites excluding steroid dienone is 6. The number of hydrogen-bond acceptors (Lipinski definition) is 14. The molecule has 2 rings (SSSR count). The number of Topliss-reactive ketones (excluding diaryl/α,β-unsaturated/α-hetero) is 2. The predicted molar refractivity (Wildman–Crippen MR) is 192 cm³/mol. The van der Waals surface area contributed by atoms with Crippen molar-refractivity contribution in [2.24, 2.45) is 17.6 Å². The molecule has 9 N–H and O–H groups in total. The van der Waals surface area contributed by atoms with E-state index in [-0.39, 0.29) is 37.9 Å². The van der Waals surface area contributed by atoms with Crippen molar-refractivity contribution in [1.82, 2.24) is 0 Å². The van der Waals surface area contributed by atoms with Gasteiger partial charge in [-0.05, 0) is 32.6 Å². The van der Waals surface area contributed by atoms with E-state index in [0.29, 0.717) is 12.8 Å². The number of cyclic esters (lactones) is 1. The highest BCUT2D eigenvalue weighted by molar-refractivity contribution is 5.81. The smallest absolute Gasteiger partial charge is 0.311 e. The normalized spacial score (nSPS) is 39.5. The number of carbonyl (C=O) groups excluding carboxylic acids is 3. The van der Waals surface area contributed by atoms with Gasteiger partial charge >= 0.3 is 11.9 Å². The second-order valence-corrected chi connectivity index (χ2v) is 13.8. The summed E-state index contributed by atoms with van der Waals surface area (Å²) in [4.78, 5) is 50.4. The molecule has 15 nitrogen and oxygen atoms in total. The quantitative estimate of drug-likeness (QED) is 0.183. The fourth-order valence-electron chi connectivity index (χ4n) is 6.22. The number of ether oxygens (including phenoxy) is 3. The van der Waals surface area contributed by atoms with E-state index in [1.54, 1.807) is 43.4 Å². The Morgan fingerprint density at radius 1 is 0.849 bits per heavy atom. The van der Waals surface area contributed by atoms with Gasteiger partial charge in [-0.2, -0.15) is 0 Å². The van der Waals surface area contributed by atoms with Crippen LogP contribution >= 0.6 is 0 Å². The number of hydrogen-bond donors (Lipinski definition) is 8. The van der Waals surface area contributed by atoms with Crippen LogP contribution in [0.3, 0.4) is 0 Å². The Morgan fingerprint density at radius 2 is 1.49 bits per heavy atom. The van der Waals surface area contributed by atoms with Crippen LogP contribution in [0.15, 0.2) is 48.6 Å². The first-order chi connectivity index (χ1) is 25.1. The second kappa shape index (κ2) is 23.6. The number of aliphatic carboxylic acids is 1. The van der Waals surface area contributed by atoms with E-state index in [9.17, 15) is 54.9 Å². The Hall–Kier alpha value is -3.12. The van der Waals surface area contributed by atoms with Gasteiger partial charge in [-0.3, -0.25) is 19.2 Å². The van der Waals surface area contributed by atoms with Gasteiger partial charge < -0.3 is 55.7 Å². The van der Waals surface area contributed by atoms with Crippen LogP contribution < -0.4 is 5.73 Å². The van der Waals surface area contributed by atoms with Crippen molar-refractivity contribution in [3.8, 4) is 0 Å². The van der Waals surface area contributed by atoms with Crippen molar-refractivity contribution < 1.29 is 69.1 Å². The van der Waals surface area contributed by atoms with Gasteiger partial charge in [-0.25, -0.2) is 0 Å². The SMILES string of the molecule is CCC1C\C=C/C=C/C=C/C=C/C(OC2O[C@H](C)[C@@H](O)[C@H](N)[C@@H]2O)CC(O)C(C(=O)O)C(O)CC(=O)CC(O)CCCC(=O)CC(O)C(CC)C(=O)O1. The molecule has 1 fully saturated rings. The fraction of sp³-hybridized carbons (Fsp3) is 0.684. The average molecular weight is 754 g/mol. The van der Waals surface area contributed by atoms with Crippen LogP contribution in [-0.4, -0.2) is 127 Å². The number of nitrogens with two attached hydrogens (primary N) is 1. The first kappa shape index (κ1) is 46.0. The molecule has 0 saturated carbocycles. The third kappa shape index (κ3) is 15.6. The zero-order valence-corrected chi connectivity index (χ0v) is 30.8. The van der Waals surface area contributed by atoms with E-state index >= 15 is 0 Å². The van der Waals surface area contributed by atoms with Gasteiger partial charge in [-0.15, -0.1) is 0 Å². The number of carboxylic acids is 1. The lowest BCUT2D eigenvalue weighted by Gasteiger charge is -2.41. The topological polar surface area (TPSA) is 264 Å². The maximum atomic E-state index is 12.9. The number of ketones is 2. The summed E-state index contributed by atoms with van der Waals surface area (Å²) in [6, 6.07) is -1.12. The molecule has 0 spiro atoms. The number of aliphatic hydroxyl groups excluding tert-OH is 6. The molecule has 2 heterocycles. The lowest BCUT2D eigenvalue weighted by molar-refractivity contribution is -0.277. The van der Waals surface area contributed by atoms with Crippen molar-refractivity contribution in [2.45, 2.75) is 152 Å². The molecule has 13 atom stereocenters. The molecule has 2 aliphatic rings. The van der Waals surface area contributed by atoms with Gasteiger partial charge in [0.2, 0.25) is 0 Å². The monoisotopic (exact) mass is 753 g/mol. The molecule has 300 valence electrons. The maximum absolute atomic E-state index is 12.9. The maximum Gasteiger partial charge on any atom is 0.311 e. The standard InChI is InChI=1S/C38H59NO14/c1-4-26-16-11-9-7-6-8-10-12-17-27(53-38-35(47)33(39)34(46)22(3)51-38)21-31(45)32(36(48)49)30(44)20-25(42)18-23(40)14-13-15-24(41)19-29(43)28(5-2)37(50)52-26/h6-12,17,22-23,26-35,38,40,43-47H,4-5,13-16,18-21,39H2,1-3H3,(H,48,49)/b7-6+,10-8+,11-9-,17-12+/t22-,23?,26?,27?,28?,29?,30?,31?,32?,33+,34-,35+,38?/m1/s1. The van der Waals surface area contributed by atoms with E-state index in [1.165, 1.54) is 13.0 Å². The largest absolute Gasteiger partial charge is 0.481 e. The third-order valence-electron chi connectivity index (χ3n) is 9.49. The van der Waals surface area contributed by atoms with Crippen LogP contribution in [0.4, 0.5) is 0 Å². The molecule has 0 aromatic carbocycles. The number of carboxylic acid groups (broad SMARTS) is 1. The third-order valence-corrected chi connectivity index (χ3v) is 9.49. The summed E-state index contributed by atoms with van der Waals surface area (Å²) in [5, 5.41) is 73.6. The number of aliphatic hydroxyl groups is 6. The first-order valence-electron chi connectivity index (χ1n) is 18.4. The van der Waals surface area contributed by atoms with E-state index < -0.39 is 116 Å². The summed E-state index contributed by atoms with van der Waals surface area (Å²) in [5.41, 5.74) is 5.93. The molecule has 0 radical (unpaired) electrons. The minimum absolute atomic E-state index is 0.0270.